The summed E-state index contributed by atoms with van der Waals surface area (Å²) in [5, 5.41) is 24.3. The third kappa shape index (κ3) is 4.20. The Kier molecular flexibility index (Phi) is 5.13. The molecule has 0 atom stereocenters. The summed E-state index contributed by atoms with van der Waals surface area (Å²) >= 11 is 0. The average molecular weight is 401 g/mol. The summed E-state index contributed by atoms with van der Waals surface area (Å²) in [5.41, 5.74) is 0.0585. The number of fused-ring (bicyclic) bond motifs is 1. The minimum absolute atomic E-state index is 0.144. The summed E-state index contributed by atoms with van der Waals surface area (Å²) in [5.74, 6) is 0.206. The molecule has 0 aliphatic carbocycles. The lowest BCUT2D eigenvalue weighted by molar-refractivity contribution is -0.132. The number of amides is 2. The summed E-state index contributed by atoms with van der Waals surface area (Å²) in [6.45, 7) is 1.93. The van der Waals surface area contributed by atoms with Crippen LogP contribution in [0.2, 0.25) is 0 Å². The Morgan fingerprint density at radius 2 is 2.03 bits per heavy atom. The van der Waals surface area contributed by atoms with Crippen molar-refractivity contribution in [1.29, 1.82) is 0 Å². The molecule has 1 aliphatic rings. The van der Waals surface area contributed by atoms with Gasteiger partial charge in [0.2, 0.25) is 11.8 Å². The number of anilines is 1. The minimum atomic E-state index is -0.460. The van der Waals surface area contributed by atoms with Crippen molar-refractivity contribution in [3.05, 3.63) is 28.9 Å². The lowest BCUT2D eigenvalue weighted by Crippen LogP contribution is -2.46. The van der Waals surface area contributed by atoms with Crippen molar-refractivity contribution in [1.82, 2.24) is 50.2 Å². The van der Waals surface area contributed by atoms with Crippen molar-refractivity contribution < 1.29 is 9.59 Å². The van der Waals surface area contributed by atoms with Gasteiger partial charge in [0.05, 0.1) is 0 Å². The van der Waals surface area contributed by atoms with Crippen LogP contribution in [0.3, 0.4) is 0 Å². The van der Waals surface area contributed by atoms with Gasteiger partial charge in [-0.05, 0) is 22.6 Å². The Morgan fingerprint density at radius 3 is 2.86 bits per heavy atom. The van der Waals surface area contributed by atoms with Crippen LogP contribution in [0, 0.1) is 0 Å². The standard InChI is InChI=1S/C15H19N11O3/c27-13-3-5-24(14(28)9-25-10-17-19-15(25)29)8-7-23(6-4-16-13)12-2-1-11-18-21-22-26(11)20-12/h1-2,10H,3-9H2,(H,16,27)(H,19,29). The van der Waals surface area contributed by atoms with Crippen molar-refractivity contribution >= 4 is 23.3 Å². The van der Waals surface area contributed by atoms with E-state index in [9.17, 15) is 14.4 Å². The predicted molar refractivity (Wildman–Crippen MR) is 97.8 cm³/mol. The largest absolute Gasteiger partial charge is 0.354 e. The minimum Gasteiger partial charge on any atom is -0.354 e. The molecule has 0 bridgehead atoms. The van der Waals surface area contributed by atoms with Gasteiger partial charge in [-0.2, -0.15) is 5.10 Å². The zero-order chi connectivity index (χ0) is 20.2. The highest BCUT2D eigenvalue weighted by atomic mass is 16.2. The first-order chi connectivity index (χ1) is 14.1. The summed E-state index contributed by atoms with van der Waals surface area (Å²) in [6.07, 6.45) is 1.46. The second kappa shape index (κ2) is 8.04. The van der Waals surface area contributed by atoms with E-state index < -0.39 is 5.69 Å². The number of tetrazole rings is 1. The molecule has 152 valence electrons. The van der Waals surface area contributed by atoms with Gasteiger partial charge in [0.15, 0.2) is 11.5 Å². The van der Waals surface area contributed by atoms with Gasteiger partial charge in [-0.25, -0.2) is 9.89 Å². The molecule has 0 saturated carbocycles. The van der Waals surface area contributed by atoms with Crippen molar-refractivity contribution in [2.24, 2.45) is 0 Å². The lowest BCUT2D eigenvalue weighted by atomic mass is 10.3. The van der Waals surface area contributed by atoms with Crippen LogP contribution in [0.1, 0.15) is 6.42 Å². The van der Waals surface area contributed by atoms with Crippen LogP contribution >= 0.6 is 0 Å². The molecule has 0 aromatic carbocycles. The molecule has 0 unspecified atom stereocenters. The molecule has 4 heterocycles. The fourth-order valence-electron chi connectivity index (χ4n) is 3.04. The smallest absolute Gasteiger partial charge is 0.343 e. The monoisotopic (exact) mass is 401 g/mol. The van der Waals surface area contributed by atoms with Crippen LogP contribution in [0.15, 0.2) is 23.3 Å². The first kappa shape index (κ1) is 18.5. The number of aromatic nitrogens is 8. The van der Waals surface area contributed by atoms with Gasteiger partial charge < -0.3 is 15.1 Å². The molecular weight excluding hydrogens is 382 g/mol. The van der Waals surface area contributed by atoms with Gasteiger partial charge in [-0.15, -0.1) is 14.8 Å². The third-order valence-electron chi connectivity index (χ3n) is 4.61. The SMILES string of the molecule is O=C1CCN(C(=O)Cn2cn[nH]c2=O)CCN(c2ccc3nnnn3n2)CCN1. The van der Waals surface area contributed by atoms with E-state index in [1.807, 2.05) is 4.90 Å². The molecule has 3 aromatic heterocycles. The predicted octanol–water partition coefficient (Wildman–Crippen LogP) is -2.74. The first-order valence-corrected chi connectivity index (χ1v) is 9.05. The molecule has 1 fully saturated rings. The molecule has 4 rings (SSSR count). The number of hydrogen-bond donors (Lipinski definition) is 2. The van der Waals surface area contributed by atoms with E-state index in [1.54, 1.807) is 17.0 Å². The van der Waals surface area contributed by atoms with Gasteiger partial charge >= 0.3 is 5.69 Å². The van der Waals surface area contributed by atoms with Gasteiger partial charge in [0.1, 0.15) is 12.9 Å². The molecule has 14 nitrogen and oxygen atoms in total. The number of hydrogen-bond acceptors (Lipinski definition) is 9. The Hall–Kier alpha value is -3.84. The van der Waals surface area contributed by atoms with Gasteiger partial charge in [0, 0.05) is 39.1 Å². The molecule has 2 amide bonds. The second-order valence-electron chi connectivity index (χ2n) is 6.48. The molecule has 14 heteroatoms. The van der Waals surface area contributed by atoms with Crippen LogP contribution in [-0.2, 0) is 16.1 Å². The fraction of sp³-hybridized carbons (Fsp3) is 0.467. The van der Waals surface area contributed by atoms with E-state index in [0.717, 1.165) is 0 Å². The molecule has 2 N–H and O–H groups in total. The molecule has 1 saturated heterocycles. The van der Waals surface area contributed by atoms with E-state index in [-0.39, 0.29) is 31.3 Å². The molecule has 0 radical (unpaired) electrons. The highest BCUT2D eigenvalue weighted by Gasteiger charge is 2.20. The molecular formula is C15H19N11O3. The lowest BCUT2D eigenvalue weighted by Gasteiger charge is -2.30. The highest BCUT2D eigenvalue weighted by Crippen LogP contribution is 2.11. The molecule has 0 spiro atoms. The Balaban J connectivity index is 1.51. The Bertz CT molecular complexity index is 1070. The molecule has 29 heavy (non-hydrogen) atoms. The summed E-state index contributed by atoms with van der Waals surface area (Å²) < 4.78 is 2.51. The second-order valence-corrected chi connectivity index (χ2v) is 6.48. The van der Waals surface area contributed by atoms with Crippen molar-refractivity contribution in [2.75, 3.05) is 37.6 Å². The van der Waals surface area contributed by atoms with Crippen molar-refractivity contribution in [3.63, 3.8) is 0 Å². The normalized spacial score (nSPS) is 16.1. The fourth-order valence-corrected chi connectivity index (χ4v) is 3.04. The third-order valence-corrected chi connectivity index (χ3v) is 4.61. The number of carbonyl (C=O) groups excluding carboxylic acids is 2. The average Bonchev–Trinajstić information content (AvgIpc) is 3.34. The van der Waals surface area contributed by atoms with E-state index >= 15 is 0 Å². The Labute approximate surface area is 163 Å². The summed E-state index contributed by atoms with van der Waals surface area (Å²) in [6, 6.07) is 3.53. The van der Waals surface area contributed by atoms with E-state index in [2.05, 4.69) is 36.1 Å². The first-order valence-electron chi connectivity index (χ1n) is 9.05. The number of nitrogens with zero attached hydrogens (tertiary/aromatic N) is 9. The van der Waals surface area contributed by atoms with E-state index in [4.69, 9.17) is 0 Å². The maximum Gasteiger partial charge on any atom is 0.343 e. The molecule has 1 aliphatic heterocycles. The van der Waals surface area contributed by atoms with Gasteiger partial charge in [0.25, 0.3) is 0 Å². The number of nitrogens with one attached hydrogen (secondary N) is 2. The van der Waals surface area contributed by atoms with E-state index in [0.29, 0.717) is 37.6 Å². The number of H-pyrrole nitrogens is 1. The number of aromatic amines is 1. The van der Waals surface area contributed by atoms with Crippen molar-refractivity contribution in [3.8, 4) is 0 Å². The topological polar surface area (TPSA) is 159 Å². The number of carbonyl (C=O) groups is 2. The summed E-state index contributed by atoms with van der Waals surface area (Å²) in [4.78, 5) is 39.9. The van der Waals surface area contributed by atoms with Crippen LogP contribution in [0.4, 0.5) is 5.82 Å². The van der Waals surface area contributed by atoms with Crippen molar-refractivity contribution in [2.45, 2.75) is 13.0 Å². The highest BCUT2D eigenvalue weighted by molar-refractivity contribution is 5.79. The van der Waals surface area contributed by atoms with Gasteiger partial charge in [-0.1, -0.05) is 0 Å². The maximum absolute atomic E-state index is 12.7. The zero-order valence-electron chi connectivity index (χ0n) is 15.4. The maximum atomic E-state index is 12.7. The summed E-state index contributed by atoms with van der Waals surface area (Å²) in [7, 11) is 0. The van der Waals surface area contributed by atoms with Crippen LogP contribution in [0.25, 0.3) is 5.65 Å². The van der Waals surface area contributed by atoms with E-state index in [1.165, 1.54) is 15.5 Å². The van der Waals surface area contributed by atoms with Gasteiger partial charge in [-0.3, -0.25) is 14.2 Å². The van der Waals surface area contributed by atoms with Crippen LogP contribution in [0.5, 0.6) is 0 Å². The quantitative estimate of drug-likeness (QED) is 0.474. The van der Waals surface area contributed by atoms with Crippen LogP contribution in [-0.4, -0.2) is 89.5 Å². The Morgan fingerprint density at radius 1 is 1.14 bits per heavy atom. The van der Waals surface area contributed by atoms with Crippen LogP contribution < -0.4 is 15.9 Å². The number of rotatable bonds is 3. The zero-order valence-corrected chi connectivity index (χ0v) is 15.4. The molecule has 3 aromatic rings.